The second kappa shape index (κ2) is 4.18. The lowest BCUT2D eigenvalue weighted by Crippen LogP contribution is -2.02. The number of nitrogens with zero attached hydrogens (tertiary/aromatic N) is 3. The second-order valence-corrected chi connectivity index (χ2v) is 3.75. The molecule has 0 bridgehead atoms. The van der Waals surface area contributed by atoms with Gasteiger partial charge < -0.3 is 11.1 Å². The number of nitrogens with one attached hydrogen (secondary N) is 1. The number of nitrogens with two attached hydrogens (primary N) is 1. The Kier molecular flexibility index (Phi) is 2.71. The molecule has 0 spiro atoms. The van der Waals surface area contributed by atoms with Gasteiger partial charge in [-0.25, -0.2) is 0 Å². The van der Waals surface area contributed by atoms with Crippen LogP contribution in [0.4, 0.5) is 17.2 Å². The van der Waals surface area contributed by atoms with Crippen molar-refractivity contribution in [2.24, 2.45) is 7.05 Å². The van der Waals surface area contributed by atoms with E-state index in [4.69, 9.17) is 11.0 Å². The van der Waals surface area contributed by atoms with Gasteiger partial charge in [0.05, 0.1) is 22.6 Å². The molecule has 2 aromatic rings. The maximum absolute atomic E-state index is 9.00. The molecule has 0 aliphatic heterocycles. The van der Waals surface area contributed by atoms with Gasteiger partial charge in [0.2, 0.25) is 0 Å². The van der Waals surface area contributed by atoms with Gasteiger partial charge >= 0.3 is 0 Å². The number of hydrogen-bond acceptors (Lipinski definition) is 4. The molecule has 1 aromatic heterocycles. The Morgan fingerprint density at radius 1 is 1.41 bits per heavy atom. The lowest BCUT2D eigenvalue weighted by Gasteiger charge is -2.08. The fraction of sp³-hybridized carbons (Fsp3) is 0.167. The SMILES string of the molecule is Cc1nn(C)c(Nc2ccccc2C#N)c1N. The van der Waals surface area contributed by atoms with Gasteiger partial charge in [-0.2, -0.15) is 10.4 Å². The van der Waals surface area contributed by atoms with Crippen LogP contribution in [0.15, 0.2) is 24.3 Å². The number of rotatable bonds is 2. The predicted octanol–water partition coefficient (Wildman–Crippen LogP) is 1.93. The fourth-order valence-corrected chi connectivity index (χ4v) is 1.64. The molecule has 0 amide bonds. The van der Waals surface area contributed by atoms with Crippen LogP contribution in [0.25, 0.3) is 0 Å². The average Bonchev–Trinajstić information content (AvgIpc) is 2.57. The molecule has 5 heteroatoms. The van der Waals surface area contributed by atoms with Gasteiger partial charge in [-0.1, -0.05) is 12.1 Å². The summed E-state index contributed by atoms with van der Waals surface area (Å²) in [6.45, 7) is 1.84. The van der Waals surface area contributed by atoms with E-state index in [1.54, 1.807) is 17.8 Å². The van der Waals surface area contributed by atoms with E-state index in [0.717, 1.165) is 11.4 Å². The first kappa shape index (κ1) is 11.0. The second-order valence-electron chi connectivity index (χ2n) is 3.75. The summed E-state index contributed by atoms with van der Waals surface area (Å²) < 4.78 is 1.67. The molecule has 0 atom stereocenters. The van der Waals surface area contributed by atoms with E-state index < -0.39 is 0 Å². The minimum Gasteiger partial charge on any atom is -0.394 e. The molecular formula is C12H13N5. The van der Waals surface area contributed by atoms with Gasteiger partial charge in [0.1, 0.15) is 6.07 Å². The highest BCUT2D eigenvalue weighted by Gasteiger charge is 2.11. The maximum atomic E-state index is 9.00. The molecule has 3 N–H and O–H groups in total. The van der Waals surface area contributed by atoms with E-state index in [2.05, 4.69) is 16.5 Å². The summed E-state index contributed by atoms with van der Waals surface area (Å²) in [6.07, 6.45) is 0. The summed E-state index contributed by atoms with van der Waals surface area (Å²) in [5, 5.41) is 16.3. The third-order valence-corrected chi connectivity index (χ3v) is 2.57. The summed E-state index contributed by atoms with van der Waals surface area (Å²) in [7, 11) is 1.81. The van der Waals surface area contributed by atoms with Crippen molar-refractivity contribution in [3.63, 3.8) is 0 Å². The Bertz CT molecular complexity index is 591. The van der Waals surface area contributed by atoms with E-state index in [9.17, 15) is 0 Å². The maximum Gasteiger partial charge on any atom is 0.152 e. The standard InChI is InChI=1S/C12H13N5/c1-8-11(14)12(17(2)16-8)15-10-6-4-3-5-9(10)7-13/h3-6,15H,14H2,1-2H3. The first-order chi connectivity index (χ1) is 8.13. The monoisotopic (exact) mass is 227 g/mol. The molecule has 0 saturated heterocycles. The number of nitriles is 1. The highest BCUT2D eigenvalue weighted by Crippen LogP contribution is 2.26. The lowest BCUT2D eigenvalue weighted by atomic mass is 10.2. The van der Waals surface area contributed by atoms with Crippen molar-refractivity contribution in [2.75, 3.05) is 11.1 Å². The molecule has 1 aromatic carbocycles. The normalized spacial score (nSPS) is 9.94. The van der Waals surface area contributed by atoms with Crippen molar-refractivity contribution < 1.29 is 0 Å². The van der Waals surface area contributed by atoms with E-state index in [1.165, 1.54) is 0 Å². The van der Waals surface area contributed by atoms with Crippen molar-refractivity contribution in [2.45, 2.75) is 6.92 Å². The quantitative estimate of drug-likeness (QED) is 0.821. The Labute approximate surface area is 99.5 Å². The van der Waals surface area contributed by atoms with Crippen molar-refractivity contribution in [1.82, 2.24) is 9.78 Å². The van der Waals surface area contributed by atoms with Crippen LogP contribution in [-0.2, 0) is 7.05 Å². The van der Waals surface area contributed by atoms with Gasteiger partial charge in [0.25, 0.3) is 0 Å². The van der Waals surface area contributed by atoms with Gasteiger partial charge in [-0.3, -0.25) is 4.68 Å². The summed E-state index contributed by atoms with van der Waals surface area (Å²) in [6, 6.07) is 9.40. The van der Waals surface area contributed by atoms with Crippen LogP contribution in [-0.4, -0.2) is 9.78 Å². The van der Waals surface area contributed by atoms with Crippen LogP contribution in [0.1, 0.15) is 11.3 Å². The number of aryl methyl sites for hydroxylation is 2. The van der Waals surface area contributed by atoms with Gasteiger partial charge in [0.15, 0.2) is 5.82 Å². The average molecular weight is 227 g/mol. The topological polar surface area (TPSA) is 79.7 Å². The van der Waals surface area contributed by atoms with Crippen LogP contribution in [0, 0.1) is 18.3 Å². The Morgan fingerprint density at radius 3 is 2.71 bits per heavy atom. The van der Waals surface area contributed by atoms with E-state index in [1.807, 2.05) is 25.1 Å². The van der Waals surface area contributed by atoms with Crippen molar-refractivity contribution in [3.8, 4) is 6.07 Å². The number of hydrogen-bond donors (Lipinski definition) is 2. The van der Waals surface area contributed by atoms with Crippen LogP contribution < -0.4 is 11.1 Å². The molecule has 17 heavy (non-hydrogen) atoms. The lowest BCUT2D eigenvalue weighted by molar-refractivity contribution is 0.765. The third-order valence-electron chi connectivity index (χ3n) is 2.57. The smallest absolute Gasteiger partial charge is 0.152 e. The predicted molar refractivity (Wildman–Crippen MR) is 66.8 cm³/mol. The Hall–Kier alpha value is -2.48. The van der Waals surface area contributed by atoms with Crippen molar-refractivity contribution >= 4 is 17.2 Å². The molecule has 1 heterocycles. The van der Waals surface area contributed by atoms with E-state index in [-0.39, 0.29) is 0 Å². The van der Waals surface area contributed by atoms with Crippen LogP contribution in [0.5, 0.6) is 0 Å². The van der Waals surface area contributed by atoms with Gasteiger partial charge in [0, 0.05) is 7.05 Å². The molecule has 2 rings (SSSR count). The summed E-state index contributed by atoms with van der Waals surface area (Å²) >= 11 is 0. The molecule has 0 fully saturated rings. The third kappa shape index (κ3) is 1.93. The zero-order valence-electron chi connectivity index (χ0n) is 9.73. The fourth-order valence-electron chi connectivity index (χ4n) is 1.64. The molecule has 0 aliphatic carbocycles. The molecule has 0 saturated carbocycles. The molecule has 86 valence electrons. The van der Waals surface area contributed by atoms with E-state index in [0.29, 0.717) is 17.1 Å². The minimum absolute atomic E-state index is 0.575. The minimum atomic E-state index is 0.575. The van der Waals surface area contributed by atoms with Gasteiger partial charge in [-0.05, 0) is 19.1 Å². The molecule has 0 radical (unpaired) electrons. The highest BCUT2D eigenvalue weighted by molar-refractivity contribution is 5.73. The van der Waals surface area contributed by atoms with Crippen LogP contribution in [0.2, 0.25) is 0 Å². The first-order valence-electron chi connectivity index (χ1n) is 5.18. The first-order valence-corrected chi connectivity index (χ1v) is 5.18. The van der Waals surface area contributed by atoms with Crippen molar-refractivity contribution in [1.29, 1.82) is 5.26 Å². The molecule has 0 unspecified atom stereocenters. The number of nitrogen functional groups attached to an aromatic ring is 1. The largest absolute Gasteiger partial charge is 0.394 e. The van der Waals surface area contributed by atoms with E-state index >= 15 is 0 Å². The zero-order chi connectivity index (χ0) is 12.4. The molecule has 5 nitrogen and oxygen atoms in total. The molecule has 0 aliphatic rings. The Morgan fingerprint density at radius 2 is 2.12 bits per heavy atom. The summed E-state index contributed by atoms with van der Waals surface area (Å²) in [5.41, 5.74) is 8.58. The number of aromatic nitrogens is 2. The van der Waals surface area contributed by atoms with Crippen LogP contribution >= 0.6 is 0 Å². The summed E-state index contributed by atoms with van der Waals surface area (Å²) in [5.74, 6) is 0.699. The zero-order valence-corrected chi connectivity index (χ0v) is 9.73. The molecular weight excluding hydrogens is 214 g/mol. The van der Waals surface area contributed by atoms with Crippen molar-refractivity contribution in [3.05, 3.63) is 35.5 Å². The number of benzene rings is 1. The van der Waals surface area contributed by atoms with Crippen LogP contribution in [0.3, 0.4) is 0 Å². The number of anilines is 3. The highest BCUT2D eigenvalue weighted by atomic mass is 15.3. The Balaban J connectivity index is 2.42. The summed E-state index contributed by atoms with van der Waals surface area (Å²) in [4.78, 5) is 0. The van der Waals surface area contributed by atoms with Gasteiger partial charge in [-0.15, -0.1) is 0 Å². The number of para-hydroxylation sites is 1.